The molecule has 1 aromatic carbocycles. The Labute approximate surface area is 114 Å². The van der Waals surface area contributed by atoms with Crippen LogP contribution >= 0.6 is 8.03 Å². The maximum atomic E-state index is 12.0. The number of hydrogen-bond acceptors (Lipinski definition) is 3. The summed E-state index contributed by atoms with van der Waals surface area (Å²) in [7, 11) is -2.65. The second-order valence-corrected chi connectivity index (χ2v) is 5.51. The fourth-order valence-corrected chi connectivity index (χ4v) is 2.35. The topological polar surface area (TPSA) is 83.6 Å². The molecule has 0 aliphatic carbocycles. The van der Waals surface area contributed by atoms with Crippen molar-refractivity contribution in [1.29, 1.82) is 0 Å². The maximum absolute atomic E-state index is 12.0. The summed E-state index contributed by atoms with van der Waals surface area (Å²) in [4.78, 5) is 22.7. The van der Waals surface area contributed by atoms with Crippen LogP contribution in [0.1, 0.15) is 19.4 Å². The van der Waals surface area contributed by atoms with Gasteiger partial charge in [0.1, 0.15) is 0 Å². The Balaban J connectivity index is 2.68. The molecule has 1 rings (SSSR count). The molecule has 106 valence electrons. The van der Waals surface area contributed by atoms with E-state index in [2.05, 4.69) is 0 Å². The van der Waals surface area contributed by atoms with Gasteiger partial charge in [0.2, 0.25) is 13.9 Å². The van der Waals surface area contributed by atoms with Crippen molar-refractivity contribution >= 4 is 19.2 Å². The van der Waals surface area contributed by atoms with Crippen molar-refractivity contribution in [3.63, 3.8) is 0 Å². The zero-order valence-electron chi connectivity index (χ0n) is 11.3. The first-order valence-corrected chi connectivity index (χ1v) is 7.71. The molecule has 0 spiro atoms. The zero-order chi connectivity index (χ0) is 14.4. The molecular formula is C13H21N2O3P. The number of carbonyl (C=O) groups is 1. The van der Waals surface area contributed by atoms with Crippen molar-refractivity contribution < 1.29 is 14.3 Å². The van der Waals surface area contributed by atoms with Gasteiger partial charge in [-0.2, -0.15) is 0 Å². The molecular weight excluding hydrogens is 263 g/mol. The van der Waals surface area contributed by atoms with Gasteiger partial charge in [0, 0.05) is 18.4 Å². The number of nitrogens with zero attached hydrogens (tertiary/aromatic N) is 1. The normalized spacial score (nSPS) is 13.9. The number of nitrogens with two attached hydrogens (primary N) is 1. The molecule has 0 aliphatic heterocycles. The van der Waals surface area contributed by atoms with Gasteiger partial charge in [-0.3, -0.25) is 9.36 Å². The average Bonchev–Trinajstić information content (AvgIpc) is 2.40. The molecule has 2 unspecified atom stereocenters. The van der Waals surface area contributed by atoms with Crippen LogP contribution in [0.2, 0.25) is 0 Å². The third-order valence-corrected chi connectivity index (χ3v) is 3.88. The van der Waals surface area contributed by atoms with E-state index < -0.39 is 14.1 Å². The average molecular weight is 284 g/mol. The van der Waals surface area contributed by atoms with Crippen molar-refractivity contribution in [3.8, 4) is 0 Å². The minimum atomic E-state index is -2.65. The summed E-state index contributed by atoms with van der Waals surface area (Å²) in [5.74, 6) is -0.0650. The van der Waals surface area contributed by atoms with Crippen LogP contribution in [-0.2, 0) is 15.8 Å². The summed E-state index contributed by atoms with van der Waals surface area (Å²) in [6.45, 7) is 5.13. The second-order valence-electron chi connectivity index (χ2n) is 4.32. The standard InChI is InChI=1S/C13H21N2O3P/c1-3-15(4-2)13(16)12(14)9-10-5-7-11(8-6-10)19(17)18/h5-8,12,19H,3-4,9,14H2,1-2H3,(H,17,18). The van der Waals surface area contributed by atoms with Gasteiger partial charge in [0.05, 0.1) is 6.04 Å². The molecule has 0 bridgehead atoms. The Hall–Kier alpha value is -1.16. The second kappa shape index (κ2) is 7.43. The van der Waals surface area contributed by atoms with Gasteiger partial charge in [-0.1, -0.05) is 12.1 Å². The van der Waals surface area contributed by atoms with Crippen LogP contribution in [0.3, 0.4) is 0 Å². The lowest BCUT2D eigenvalue weighted by Gasteiger charge is -2.22. The van der Waals surface area contributed by atoms with E-state index in [0.717, 1.165) is 5.56 Å². The summed E-state index contributed by atoms with van der Waals surface area (Å²) in [6, 6.07) is 6.11. The van der Waals surface area contributed by atoms with Crippen molar-refractivity contribution in [2.45, 2.75) is 26.3 Å². The molecule has 0 fully saturated rings. The predicted octanol–water partition coefficient (Wildman–Crippen LogP) is 0.517. The smallest absolute Gasteiger partial charge is 0.239 e. The highest BCUT2D eigenvalue weighted by Gasteiger charge is 2.18. The van der Waals surface area contributed by atoms with Gasteiger partial charge in [-0.15, -0.1) is 0 Å². The van der Waals surface area contributed by atoms with Crippen molar-refractivity contribution in [3.05, 3.63) is 29.8 Å². The Morgan fingerprint density at radius 2 is 1.84 bits per heavy atom. The Bertz CT molecular complexity index is 444. The minimum Gasteiger partial charge on any atom is -0.343 e. The van der Waals surface area contributed by atoms with Crippen LogP contribution in [0.4, 0.5) is 0 Å². The molecule has 0 aromatic heterocycles. The van der Waals surface area contributed by atoms with E-state index in [1.807, 2.05) is 13.8 Å². The minimum absolute atomic E-state index is 0.0650. The third kappa shape index (κ3) is 4.46. The highest BCUT2D eigenvalue weighted by molar-refractivity contribution is 7.47. The highest BCUT2D eigenvalue weighted by Crippen LogP contribution is 2.13. The Kier molecular flexibility index (Phi) is 6.22. The number of carbonyl (C=O) groups excluding carboxylic acids is 1. The molecule has 2 atom stereocenters. The lowest BCUT2D eigenvalue weighted by Crippen LogP contribution is -2.44. The monoisotopic (exact) mass is 284 g/mol. The van der Waals surface area contributed by atoms with Gasteiger partial charge in [-0.25, -0.2) is 0 Å². The van der Waals surface area contributed by atoms with E-state index in [4.69, 9.17) is 10.6 Å². The van der Waals surface area contributed by atoms with Gasteiger partial charge in [0.15, 0.2) is 0 Å². The van der Waals surface area contributed by atoms with Crippen LogP contribution in [0.15, 0.2) is 24.3 Å². The SMILES string of the molecule is CCN(CC)C(=O)C(N)Cc1ccc([PH](=O)O)cc1. The summed E-state index contributed by atoms with van der Waals surface area (Å²) >= 11 is 0. The van der Waals surface area contributed by atoms with Crippen molar-refractivity contribution in [2.24, 2.45) is 5.73 Å². The third-order valence-electron chi connectivity index (χ3n) is 3.05. The lowest BCUT2D eigenvalue weighted by molar-refractivity contribution is -0.132. The first-order chi connectivity index (χ1) is 8.99. The van der Waals surface area contributed by atoms with E-state index in [1.54, 1.807) is 29.2 Å². The highest BCUT2D eigenvalue weighted by atomic mass is 31.1. The molecule has 0 radical (unpaired) electrons. The number of rotatable bonds is 6. The molecule has 6 heteroatoms. The Morgan fingerprint density at radius 1 is 1.32 bits per heavy atom. The Morgan fingerprint density at radius 3 is 2.26 bits per heavy atom. The summed E-state index contributed by atoms with van der Waals surface area (Å²) in [5, 5.41) is 0.414. The molecule has 1 amide bonds. The van der Waals surface area contributed by atoms with E-state index >= 15 is 0 Å². The van der Waals surface area contributed by atoms with Crippen molar-refractivity contribution in [2.75, 3.05) is 13.1 Å². The predicted molar refractivity (Wildman–Crippen MR) is 76.9 cm³/mol. The van der Waals surface area contributed by atoms with E-state index in [0.29, 0.717) is 24.8 Å². The first kappa shape index (κ1) is 15.9. The molecule has 1 aromatic rings. The quantitative estimate of drug-likeness (QED) is 0.746. The van der Waals surface area contributed by atoms with Crippen LogP contribution in [0.25, 0.3) is 0 Å². The van der Waals surface area contributed by atoms with Gasteiger partial charge >= 0.3 is 0 Å². The molecule has 19 heavy (non-hydrogen) atoms. The summed E-state index contributed by atoms with van der Waals surface area (Å²) < 4.78 is 10.9. The largest absolute Gasteiger partial charge is 0.343 e. The van der Waals surface area contributed by atoms with E-state index in [-0.39, 0.29) is 5.91 Å². The molecule has 0 heterocycles. The number of amides is 1. The molecule has 0 saturated heterocycles. The van der Waals surface area contributed by atoms with Crippen LogP contribution < -0.4 is 11.0 Å². The van der Waals surface area contributed by atoms with Crippen LogP contribution in [-0.4, -0.2) is 34.8 Å². The van der Waals surface area contributed by atoms with Crippen molar-refractivity contribution in [1.82, 2.24) is 4.90 Å². The molecule has 0 aliphatic rings. The fraction of sp³-hybridized carbons (Fsp3) is 0.462. The summed E-state index contributed by atoms with van der Waals surface area (Å²) in [5.41, 5.74) is 6.79. The number of hydrogen-bond donors (Lipinski definition) is 2. The van der Waals surface area contributed by atoms with Gasteiger partial charge in [0.25, 0.3) is 0 Å². The molecule has 3 N–H and O–H groups in total. The number of likely N-dealkylation sites (N-methyl/N-ethyl adjacent to an activating group) is 1. The van der Waals surface area contributed by atoms with Crippen LogP contribution in [0.5, 0.6) is 0 Å². The van der Waals surface area contributed by atoms with Gasteiger partial charge in [-0.05, 0) is 38.0 Å². The lowest BCUT2D eigenvalue weighted by atomic mass is 10.1. The fourth-order valence-electron chi connectivity index (χ4n) is 1.89. The van der Waals surface area contributed by atoms with Crippen LogP contribution in [0, 0.1) is 0 Å². The van der Waals surface area contributed by atoms with E-state index in [9.17, 15) is 9.36 Å². The number of benzene rings is 1. The molecule has 5 nitrogen and oxygen atoms in total. The first-order valence-electron chi connectivity index (χ1n) is 6.36. The maximum Gasteiger partial charge on any atom is 0.239 e. The van der Waals surface area contributed by atoms with Gasteiger partial charge < -0.3 is 15.5 Å². The molecule has 0 saturated carbocycles. The summed E-state index contributed by atoms with van der Waals surface area (Å²) in [6.07, 6.45) is 0.433. The van der Waals surface area contributed by atoms with E-state index in [1.165, 1.54) is 0 Å². The zero-order valence-corrected chi connectivity index (χ0v) is 12.3.